The molecular formula is C18H22O4S. The lowest BCUT2D eigenvalue weighted by Crippen LogP contribution is -2.40. The van der Waals surface area contributed by atoms with Crippen LogP contribution in [0.3, 0.4) is 0 Å². The second-order valence-electron chi connectivity index (χ2n) is 7.56. The number of rotatable bonds is 3. The molecule has 0 aliphatic heterocycles. The molecular weight excluding hydrogens is 312 g/mol. The molecule has 0 saturated heterocycles. The summed E-state index contributed by atoms with van der Waals surface area (Å²) in [6, 6.07) is 9.44. The number of benzene rings is 1. The number of carbonyl (C=O) groups is 1. The van der Waals surface area contributed by atoms with Crippen LogP contribution in [-0.4, -0.2) is 24.5 Å². The molecule has 3 rings (SSSR count). The second kappa shape index (κ2) is 4.77. The van der Waals surface area contributed by atoms with Gasteiger partial charge in [-0.15, -0.1) is 0 Å². The lowest BCUT2D eigenvalue weighted by atomic mass is 9.65. The molecule has 1 aromatic rings. The van der Waals surface area contributed by atoms with E-state index in [-0.39, 0.29) is 5.78 Å². The fraction of sp³-hybridized carbons (Fsp3) is 0.500. The number of carbonyl (C=O) groups excluding carboxylic acids is 1. The van der Waals surface area contributed by atoms with Gasteiger partial charge in [0.1, 0.15) is 0 Å². The fourth-order valence-electron chi connectivity index (χ4n) is 4.56. The van der Waals surface area contributed by atoms with Crippen LogP contribution in [0.15, 0.2) is 35.9 Å². The number of hydrogen-bond acceptors (Lipinski definition) is 3. The molecule has 4 nitrogen and oxygen atoms in total. The maximum Gasteiger partial charge on any atom is 0.265 e. The van der Waals surface area contributed by atoms with E-state index in [0.717, 1.165) is 5.56 Å². The van der Waals surface area contributed by atoms with E-state index in [2.05, 4.69) is 0 Å². The summed E-state index contributed by atoms with van der Waals surface area (Å²) >= 11 is 0. The predicted octanol–water partition coefficient (Wildman–Crippen LogP) is 3.35. The van der Waals surface area contributed by atoms with Gasteiger partial charge in [-0.25, -0.2) is 0 Å². The standard InChI is InChI=1S/C18H22O4S/c1-16(2)17(3)9-10-18(16,12-23(20,21)22)14(15(17)19)11-13-7-5-4-6-8-13/h4-8,11H,9-10,12H2,1-3H3,(H,20,21,22). The molecule has 2 saturated carbocycles. The summed E-state index contributed by atoms with van der Waals surface area (Å²) in [5.74, 6) is -0.381. The molecule has 1 N–H and O–H groups in total. The van der Waals surface area contributed by atoms with Gasteiger partial charge in [0.05, 0.1) is 5.75 Å². The Morgan fingerprint density at radius 1 is 1.13 bits per heavy atom. The molecule has 0 heterocycles. The zero-order chi connectivity index (χ0) is 17.1. The van der Waals surface area contributed by atoms with E-state index in [0.29, 0.717) is 18.4 Å². The largest absolute Gasteiger partial charge is 0.294 e. The molecule has 23 heavy (non-hydrogen) atoms. The van der Waals surface area contributed by atoms with Gasteiger partial charge in [0, 0.05) is 16.4 Å². The first-order valence-electron chi connectivity index (χ1n) is 7.81. The van der Waals surface area contributed by atoms with Crippen molar-refractivity contribution in [1.82, 2.24) is 0 Å². The average Bonchev–Trinajstić information content (AvgIpc) is 2.70. The topological polar surface area (TPSA) is 71.4 Å². The van der Waals surface area contributed by atoms with Crippen molar-refractivity contribution in [2.75, 3.05) is 5.75 Å². The maximum atomic E-state index is 13.1. The van der Waals surface area contributed by atoms with Crippen LogP contribution < -0.4 is 0 Å². The average molecular weight is 334 g/mol. The molecule has 2 atom stereocenters. The van der Waals surface area contributed by atoms with Gasteiger partial charge in [-0.3, -0.25) is 9.35 Å². The second-order valence-corrected chi connectivity index (χ2v) is 9.02. The third-order valence-corrected chi connectivity index (χ3v) is 7.29. The molecule has 2 unspecified atom stereocenters. The highest BCUT2D eigenvalue weighted by atomic mass is 32.2. The zero-order valence-corrected chi connectivity index (χ0v) is 14.5. The summed E-state index contributed by atoms with van der Waals surface area (Å²) in [6.07, 6.45) is 3.06. The van der Waals surface area contributed by atoms with Crippen LogP contribution >= 0.6 is 0 Å². The summed E-state index contributed by atoms with van der Waals surface area (Å²) in [4.78, 5) is 13.1. The van der Waals surface area contributed by atoms with E-state index in [1.807, 2.05) is 51.1 Å². The summed E-state index contributed by atoms with van der Waals surface area (Å²) in [5.41, 5.74) is -0.522. The van der Waals surface area contributed by atoms with Crippen LogP contribution in [-0.2, 0) is 14.9 Å². The molecule has 2 fully saturated rings. The molecule has 2 bridgehead atoms. The number of hydrogen-bond donors (Lipinski definition) is 1. The Labute approximate surface area is 137 Å². The Balaban J connectivity index is 2.22. The highest BCUT2D eigenvalue weighted by molar-refractivity contribution is 7.85. The van der Waals surface area contributed by atoms with Gasteiger partial charge in [0.2, 0.25) is 0 Å². The fourth-order valence-corrected chi connectivity index (χ4v) is 5.84. The van der Waals surface area contributed by atoms with E-state index in [1.54, 1.807) is 6.08 Å². The Kier molecular flexibility index (Phi) is 3.40. The van der Waals surface area contributed by atoms with Crippen LogP contribution in [0.4, 0.5) is 0 Å². The van der Waals surface area contributed by atoms with Gasteiger partial charge in [0.15, 0.2) is 5.78 Å². The molecule has 124 valence electrons. The van der Waals surface area contributed by atoms with Crippen molar-refractivity contribution in [3.63, 3.8) is 0 Å². The van der Waals surface area contributed by atoms with Crippen LogP contribution in [0.25, 0.3) is 6.08 Å². The summed E-state index contributed by atoms with van der Waals surface area (Å²) < 4.78 is 32.9. The third kappa shape index (κ3) is 2.13. The van der Waals surface area contributed by atoms with Gasteiger partial charge in [-0.2, -0.15) is 8.42 Å². The van der Waals surface area contributed by atoms with E-state index < -0.39 is 32.1 Å². The normalized spacial score (nSPS) is 34.3. The molecule has 0 amide bonds. The highest BCUT2D eigenvalue weighted by Crippen LogP contribution is 2.73. The molecule has 0 spiro atoms. The minimum Gasteiger partial charge on any atom is -0.294 e. The monoisotopic (exact) mass is 334 g/mol. The van der Waals surface area contributed by atoms with Crippen molar-refractivity contribution in [3.05, 3.63) is 41.5 Å². The maximum absolute atomic E-state index is 13.1. The van der Waals surface area contributed by atoms with Crippen molar-refractivity contribution >= 4 is 22.0 Å². The molecule has 0 aromatic heterocycles. The smallest absolute Gasteiger partial charge is 0.265 e. The number of allylic oxidation sites excluding steroid dienone is 1. The van der Waals surface area contributed by atoms with Gasteiger partial charge in [-0.1, -0.05) is 51.1 Å². The molecule has 2 aliphatic rings. The lowest BCUT2D eigenvalue weighted by Gasteiger charge is -2.39. The van der Waals surface area contributed by atoms with Crippen molar-refractivity contribution < 1.29 is 17.8 Å². The number of fused-ring (bicyclic) bond motifs is 2. The molecule has 1 aromatic carbocycles. The van der Waals surface area contributed by atoms with Gasteiger partial charge in [-0.05, 0) is 29.9 Å². The summed E-state index contributed by atoms with van der Waals surface area (Å²) in [6.45, 7) is 5.83. The van der Waals surface area contributed by atoms with Crippen molar-refractivity contribution in [3.8, 4) is 0 Å². The predicted molar refractivity (Wildman–Crippen MR) is 89.4 cm³/mol. The first kappa shape index (κ1) is 16.4. The van der Waals surface area contributed by atoms with Crippen LogP contribution in [0.1, 0.15) is 39.2 Å². The summed E-state index contributed by atoms with van der Waals surface area (Å²) in [7, 11) is -4.19. The Morgan fingerprint density at radius 3 is 2.30 bits per heavy atom. The van der Waals surface area contributed by atoms with E-state index in [9.17, 15) is 17.8 Å². The first-order valence-corrected chi connectivity index (χ1v) is 9.42. The highest BCUT2D eigenvalue weighted by Gasteiger charge is 2.72. The Morgan fingerprint density at radius 2 is 1.74 bits per heavy atom. The van der Waals surface area contributed by atoms with Crippen LogP contribution in [0.2, 0.25) is 0 Å². The molecule has 0 radical (unpaired) electrons. The number of ketones is 1. The van der Waals surface area contributed by atoms with Crippen molar-refractivity contribution in [2.24, 2.45) is 16.2 Å². The van der Waals surface area contributed by atoms with Crippen molar-refractivity contribution in [2.45, 2.75) is 33.6 Å². The summed E-state index contributed by atoms with van der Waals surface area (Å²) in [5, 5.41) is 0. The minimum atomic E-state index is -4.19. The van der Waals surface area contributed by atoms with Gasteiger partial charge < -0.3 is 0 Å². The van der Waals surface area contributed by atoms with Crippen LogP contribution in [0, 0.1) is 16.2 Å². The van der Waals surface area contributed by atoms with E-state index in [1.165, 1.54) is 0 Å². The van der Waals surface area contributed by atoms with Crippen LogP contribution in [0.5, 0.6) is 0 Å². The number of Topliss-reactive ketones (excluding diaryl/α,β-unsaturated/α-hetero) is 1. The molecule has 5 heteroatoms. The first-order chi connectivity index (χ1) is 10.5. The Hall–Kier alpha value is -1.46. The van der Waals surface area contributed by atoms with Crippen molar-refractivity contribution in [1.29, 1.82) is 0 Å². The van der Waals surface area contributed by atoms with Gasteiger partial charge >= 0.3 is 0 Å². The minimum absolute atomic E-state index is 0.0150. The SMILES string of the molecule is CC12CCC(CS(=O)(=O)O)(C(=Cc3ccccc3)C1=O)C2(C)C. The van der Waals surface area contributed by atoms with E-state index >= 15 is 0 Å². The quantitative estimate of drug-likeness (QED) is 0.680. The molecule has 2 aliphatic carbocycles. The Bertz CT molecular complexity index is 792. The lowest BCUT2D eigenvalue weighted by molar-refractivity contribution is -0.125. The van der Waals surface area contributed by atoms with Gasteiger partial charge in [0.25, 0.3) is 10.1 Å². The van der Waals surface area contributed by atoms with E-state index in [4.69, 9.17) is 0 Å². The zero-order valence-electron chi connectivity index (χ0n) is 13.7. The third-order valence-electron chi connectivity index (χ3n) is 6.43.